The lowest BCUT2D eigenvalue weighted by molar-refractivity contribution is -0.119. The van der Waals surface area contributed by atoms with Crippen molar-refractivity contribution in [3.05, 3.63) is 46.8 Å². The molecule has 9 heteroatoms. The van der Waals surface area contributed by atoms with Crippen molar-refractivity contribution in [2.24, 2.45) is 0 Å². The van der Waals surface area contributed by atoms with Gasteiger partial charge >= 0.3 is 0 Å². The third-order valence-electron chi connectivity index (χ3n) is 9.13. The molecular weight excluding hydrogens is 493 g/mol. The maximum atomic E-state index is 16.7. The Morgan fingerprint density at radius 3 is 2.46 bits per heavy atom. The summed E-state index contributed by atoms with van der Waals surface area (Å²) in [6, 6.07) is 8.16. The first-order valence-electron chi connectivity index (χ1n) is 13.7. The van der Waals surface area contributed by atoms with Crippen LogP contribution in [0.1, 0.15) is 42.5 Å². The number of halogens is 1. The first kappa shape index (κ1) is 25.7. The summed E-state index contributed by atoms with van der Waals surface area (Å²) in [5, 5.41) is 9.99. The van der Waals surface area contributed by atoms with E-state index in [1.54, 1.807) is 4.90 Å². The molecule has 2 aromatic carbocycles. The second kappa shape index (κ2) is 9.26. The van der Waals surface area contributed by atoms with Gasteiger partial charge < -0.3 is 14.7 Å². The number of rotatable bonds is 5. The van der Waals surface area contributed by atoms with E-state index >= 15 is 4.39 Å². The molecule has 2 saturated heterocycles. The largest absolute Gasteiger partial charge is 0.351 e. The summed E-state index contributed by atoms with van der Waals surface area (Å²) >= 11 is 0. The van der Waals surface area contributed by atoms with Crippen LogP contribution in [0.4, 0.5) is 10.2 Å². The van der Waals surface area contributed by atoms with Crippen LogP contribution in [0.3, 0.4) is 0 Å². The van der Waals surface area contributed by atoms with E-state index in [0.717, 1.165) is 65.5 Å². The summed E-state index contributed by atoms with van der Waals surface area (Å²) in [5.41, 5.74) is 6.45. The smallest absolute Gasteiger partial charge is 0.209 e. The highest BCUT2D eigenvalue weighted by Gasteiger charge is 2.42. The summed E-state index contributed by atoms with van der Waals surface area (Å²) in [7, 11) is 4.17. The SMILES string of the molecule is Cc1cccc(-c2c(C)cc3c(nc(N4CC(C)(N(C)C)C4)c4nnn(C5CCN(C=O)CC5)c43)c2F)c1C. The van der Waals surface area contributed by atoms with Gasteiger partial charge in [0.05, 0.1) is 11.6 Å². The molecule has 4 aromatic rings. The van der Waals surface area contributed by atoms with Crippen molar-refractivity contribution < 1.29 is 9.18 Å². The zero-order valence-electron chi connectivity index (χ0n) is 23.6. The zero-order valence-corrected chi connectivity index (χ0v) is 23.6. The van der Waals surface area contributed by atoms with Crippen molar-refractivity contribution in [3.8, 4) is 11.1 Å². The summed E-state index contributed by atoms with van der Waals surface area (Å²) in [6.45, 7) is 11.2. The maximum Gasteiger partial charge on any atom is 0.209 e. The molecule has 8 nitrogen and oxygen atoms in total. The fourth-order valence-corrected chi connectivity index (χ4v) is 6.18. The predicted octanol–water partition coefficient (Wildman–Crippen LogP) is 4.64. The van der Waals surface area contributed by atoms with Crippen LogP contribution < -0.4 is 4.90 Å². The quantitative estimate of drug-likeness (QED) is 0.351. The number of carbonyl (C=O) groups excluding carboxylic acids is 1. The number of aromatic nitrogens is 4. The highest BCUT2D eigenvalue weighted by molar-refractivity contribution is 6.08. The van der Waals surface area contributed by atoms with E-state index in [1.807, 2.05) is 30.7 Å². The second-order valence-corrected chi connectivity index (χ2v) is 11.8. The lowest BCUT2D eigenvalue weighted by Gasteiger charge is -2.52. The number of likely N-dealkylation sites (tertiary alicyclic amines) is 1. The lowest BCUT2D eigenvalue weighted by atomic mass is 9.90. The van der Waals surface area contributed by atoms with E-state index in [9.17, 15) is 4.79 Å². The number of hydrogen-bond acceptors (Lipinski definition) is 6. The standard InChI is InChI=1S/C30H36FN7O/c1-18-8-7-9-22(20(18)3)24-19(2)14-23-26(25(24)31)32-29(37-15-30(4,16-37)35(5)6)27-28(23)38(34-33-27)21-10-12-36(17-39)13-11-21/h7-9,14,17,21H,10-13,15-16H2,1-6H3. The predicted molar refractivity (Wildman–Crippen MR) is 153 cm³/mol. The lowest BCUT2D eigenvalue weighted by Crippen LogP contribution is -2.67. The van der Waals surface area contributed by atoms with Crippen molar-refractivity contribution in [3.63, 3.8) is 0 Å². The van der Waals surface area contributed by atoms with Gasteiger partial charge in [-0.25, -0.2) is 14.1 Å². The van der Waals surface area contributed by atoms with Gasteiger partial charge in [0.25, 0.3) is 0 Å². The Hall–Kier alpha value is -3.59. The monoisotopic (exact) mass is 529 g/mol. The molecular formula is C30H36FN7O. The molecule has 0 aliphatic carbocycles. The van der Waals surface area contributed by atoms with Gasteiger partial charge in [-0.3, -0.25) is 4.79 Å². The number of benzene rings is 2. The summed E-state index contributed by atoms with van der Waals surface area (Å²) in [4.78, 5) is 22.5. The Morgan fingerprint density at radius 1 is 1.08 bits per heavy atom. The van der Waals surface area contributed by atoms with Crippen molar-refractivity contribution in [1.29, 1.82) is 0 Å². The number of fused-ring (bicyclic) bond motifs is 3. The molecule has 6 rings (SSSR count). The number of likely N-dealkylation sites (N-methyl/N-ethyl adjacent to an activating group) is 1. The van der Waals surface area contributed by atoms with Gasteiger partial charge in [0.1, 0.15) is 11.0 Å². The average molecular weight is 530 g/mol. The molecule has 0 N–H and O–H groups in total. The van der Waals surface area contributed by atoms with Crippen LogP contribution in [0, 0.1) is 26.6 Å². The van der Waals surface area contributed by atoms with Gasteiger partial charge in [-0.05, 0) is 83.0 Å². The molecule has 0 radical (unpaired) electrons. The Morgan fingerprint density at radius 2 is 1.79 bits per heavy atom. The molecule has 1 amide bonds. The molecule has 2 aliphatic rings. The Labute approximate surface area is 228 Å². The van der Waals surface area contributed by atoms with E-state index < -0.39 is 0 Å². The minimum absolute atomic E-state index is 0.0102. The molecule has 0 unspecified atom stereocenters. The van der Waals surface area contributed by atoms with Crippen LogP contribution in [0.5, 0.6) is 0 Å². The molecule has 0 atom stereocenters. The highest BCUT2D eigenvalue weighted by Crippen LogP contribution is 2.41. The van der Waals surface area contributed by atoms with E-state index in [1.165, 1.54) is 0 Å². The highest BCUT2D eigenvalue weighted by atomic mass is 19.1. The first-order valence-corrected chi connectivity index (χ1v) is 13.7. The van der Waals surface area contributed by atoms with Crippen LogP contribution in [0.2, 0.25) is 0 Å². The number of pyridine rings is 1. The second-order valence-electron chi connectivity index (χ2n) is 11.8. The number of carbonyl (C=O) groups is 1. The van der Waals surface area contributed by atoms with E-state index in [-0.39, 0.29) is 17.4 Å². The van der Waals surface area contributed by atoms with Gasteiger partial charge in [-0.2, -0.15) is 0 Å². The molecule has 0 spiro atoms. The number of aryl methyl sites for hydroxylation is 2. The van der Waals surface area contributed by atoms with E-state index in [0.29, 0.717) is 35.5 Å². The fraction of sp³-hybridized carbons (Fsp3) is 0.467. The first-order chi connectivity index (χ1) is 18.6. The Bertz CT molecular complexity index is 1600. The molecule has 0 bridgehead atoms. The van der Waals surface area contributed by atoms with Gasteiger partial charge in [0.2, 0.25) is 6.41 Å². The molecule has 2 aromatic heterocycles. The van der Waals surface area contributed by atoms with Gasteiger partial charge in [-0.1, -0.05) is 23.4 Å². The third kappa shape index (κ3) is 3.97. The number of piperidine rings is 1. The fourth-order valence-electron chi connectivity index (χ4n) is 6.18. The summed E-state index contributed by atoms with van der Waals surface area (Å²) in [5.74, 6) is 0.379. The van der Waals surface area contributed by atoms with Crippen LogP contribution in [-0.4, -0.2) is 82.0 Å². The van der Waals surface area contributed by atoms with E-state index in [4.69, 9.17) is 4.98 Å². The van der Waals surface area contributed by atoms with Crippen molar-refractivity contribution in [1.82, 2.24) is 29.8 Å². The van der Waals surface area contributed by atoms with Crippen LogP contribution in [-0.2, 0) is 4.79 Å². The molecule has 204 valence electrons. The van der Waals surface area contributed by atoms with Gasteiger partial charge in [0, 0.05) is 37.1 Å². The summed E-state index contributed by atoms with van der Waals surface area (Å²) < 4.78 is 18.7. The van der Waals surface area contributed by atoms with Crippen molar-refractivity contribution in [2.45, 2.75) is 52.1 Å². The van der Waals surface area contributed by atoms with E-state index in [2.05, 4.69) is 60.2 Å². The third-order valence-corrected chi connectivity index (χ3v) is 9.13. The van der Waals surface area contributed by atoms with Crippen molar-refractivity contribution in [2.75, 3.05) is 45.2 Å². The minimum Gasteiger partial charge on any atom is -0.351 e. The summed E-state index contributed by atoms with van der Waals surface area (Å²) in [6.07, 6.45) is 2.47. The van der Waals surface area contributed by atoms with Crippen molar-refractivity contribution >= 4 is 34.2 Å². The number of nitrogens with zero attached hydrogens (tertiary/aromatic N) is 7. The zero-order chi connectivity index (χ0) is 27.6. The molecule has 2 fully saturated rings. The van der Waals surface area contributed by atoms with Gasteiger partial charge in [0.15, 0.2) is 17.2 Å². The van der Waals surface area contributed by atoms with Crippen LogP contribution >= 0.6 is 0 Å². The number of amides is 1. The normalized spacial score (nSPS) is 17.8. The average Bonchev–Trinajstić information content (AvgIpc) is 3.35. The van der Waals surface area contributed by atoms with Gasteiger partial charge in [-0.15, -0.1) is 5.10 Å². The number of anilines is 1. The maximum absolute atomic E-state index is 16.7. The Balaban J connectivity index is 1.58. The van der Waals surface area contributed by atoms with Crippen LogP contribution in [0.25, 0.3) is 33.1 Å². The topological polar surface area (TPSA) is 70.4 Å². The molecule has 2 aliphatic heterocycles. The number of hydrogen-bond donors (Lipinski definition) is 0. The van der Waals surface area contributed by atoms with Crippen LogP contribution in [0.15, 0.2) is 24.3 Å². The molecule has 4 heterocycles. The minimum atomic E-state index is -0.304. The molecule has 0 saturated carbocycles. The molecule has 39 heavy (non-hydrogen) atoms. The Kier molecular flexibility index (Phi) is 6.10.